The first kappa shape index (κ1) is 16.1. The van der Waals surface area contributed by atoms with E-state index in [0.717, 1.165) is 13.1 Å². The van der Waals surface area contributed by atoms with Crippen LogP contribution >= 0.6 is 0 Å². The van der Waals surface area contributed by atoms with Crippen LogP contribution in [0.2, 0.25) is 0 Å². The second kappa shape index (κ2) is 6.36. The first-order valence-corrected chi connectivity index (χ1v) is 7.67. The molecule has 4 atom stereocenters. The molecule has 3 heterocycles. The number of aromatic nitrogens is 4. The largest absolute Gasteiger partial charge is 0.394 e. The van der Waals surface area contributed by atoms with Crippen LogP contribution in [0.4, 0.5) is 5.82 Å². The first-order valence-electron chi connectivity index (χ1n) is 7.67. The van der Waals surface area contributed by atoms with Gasteiger partial charge in [-0.05, 0) is 13.8 Å². The van der Waals surface area contributed by atoms with E-state index in [4.69, 9.17) is 4.74 Å². The van der Waals surface area contributed by atoms with Crippen molar-refractivity contribution in [3.63, 3.8) is 0 Å². The van der Waals surface area contributed by atoms with Gasteiger partial charge in [-0.3, -0.25) is 4.57 Å². The van der Waals surface area contributed by atoms with E-state index >= 15 is 0 Å². The molecule has 3 rings (SSSR count). The van der Waals surface area contributed by atoms with Crippen molar-refractivity contribution in [3.8, 4) is 0 Å². The van der Waals surface area contributed by atoms with Gasteiger partial charge in [-0.2, -0.15) is 0 Å². The lowest BCUT2D eigenvalue weighted by atomic mass is 10.1. The van der Waals surface area contributed by atoms with Crippen LogP contribution in [-0.4, -0.2) is 72.8 Å². The van der Waals surface area contributed by atoms with Crippen molar-refractivity contribution >= 4 is 17.0 Å². The van der Waals surface area contributed by atoms with E-state index in [1.165, 1.54) is 12.7 Å². The number of nitrogens with zero attached hydrogens (tertiary/aromatic N) is 5. The van der Waals surface area contributed by atoms with Gasteiger partial charge in [0.1, 0.15) is 24.6 Å². The average Bonchev–Trinajstić information content (AvgIpc) is 3.11. The molecule has 9 heteroatoms. The standard InChI is InChI=1S/C14H21N5O4/c1-3-18(4-2)12-9-13(16-6-15-12)19(7-17-9)14-11(22)10(21)8(5-20)23-14/h6-8,10-11,14,20-22H,3-5H2,1-2H3/t8-,10+,11-,14+/m0/s1. The van der Waals surface area contributed by atoms with Crippen LogP contribution in [0.1, 0.15) is 20.1 Å². The summed E-state index contributed by atoms with van der Waals surface area (Å²) in [6, 6.07) is 0. The van der Waals surface area contributed by atoms with E-state index in [9.17, 15) is 15.3 Å². The van der Waals surface area contributed by atoms with Crippen LogP contribution in [0.5, 0.6) is 0 Å². The number of fused-ring (bicyclic) bond motifs is 1. The summed E-state index contributed by atoms with van der Waals surface area (Å²) >= 11 is 0. The molecule has 1 aliphatic rings. The minimum atomic E-state index is -1.17. The van der Waals surface area contributed by atoms with Gasteiger partial charge in [-0.1, -0.05) is 0 Å². The number of hydrogen-bond acceptors (Lipinski definition) is 8. The summed E-state index contributed by atoms with van der Waals surface area (Å²) in [4.78, 5) is 14.9. The predicted molar refractivity (Wildman–Crippen MR) is 81.9 cm³/mol. The molecular weight excluding hydrogens is 302 g/mol. The van der Waals surface area contributed by atoms with Crippen LogP contribution in [0.15, 0.2) is 12.7 Å². The Kier molecular flexibility index (Phi) is 4.44. The molecule has 1 saturated heterocycles. The highest BCUT2D eigenvalue weighted by Gasteiger charge is 2.44. The summed E-state index contributed by atoms with van der Waals surface area (Å²) in [5, 5.41) is 29.3. The number of hydrogen-bond donors (Lipinski definition) is 3. The fourth-order valence-electron chi connectivity index (χ4n) is 2.89. The first-order chi connectivity index (χ1) is 11.1. The molecule has 0 bridgehead atoms. The molecule has 0 unspecified atom stereocenters. The molecule has 1 fully saturated rings. The van der Waals surface area contributed by atoms with Gasteiger partial charge in [-0.25, -0.2) is 15.0 Å². The Morgan fingerprint density at radius 2 is 1.91 bits per heavy atom. The molecule has 0 aliphatic carbocycles. The zero-order chi connectivity index (χ0) is 16.6. The van der Waals surface area contributed by atoms with Gasteiger partial charge in [0.2, 0.25) is 0 Å². The molecule has 0 spiro atoms. The molecule has 1 aliphatic heterocycles. The molecule has 0 saturated carbocycles. The summed E-state index contributed by atoms with van der Waals surface area (Å²) < 4.78 is 7.10. The molecule has 2 aromatic rings. The van der Waals surface area contributed by atoms with E-state index in [0.29, 0.717) is 17.0 Å². The number of anilines is 1. The Bertz CT molecular complexity index is 674. The highest BCUT2D eigenvalue weighted by atomic mass is 16.6. The predicted octanol–water partition coefficient (Wildman–Crippen LogP) is -0.716. The SMILES string of the molecule is CCN(CC)c1ncnc2c1ncn2[C@@H]1O[C@@H](CO)[C@@H](O)[C@@H]1O. The summed E-state index contributed by atoms with van der Waals surface area (Å²) in [5.74, 6) is 0.713. The molecule has 126 valence electrons. The monoisotopic (exact) mass is 323 g/mol. The lowest BCUT2D eigenvalue weighted by molar-refractivity contribution is -0.0511. The minimum Gasteiger partial charge on any atom is -0.394 e. The van der Waals surface area contributed by atoms with Gasteiger partial charge in [0, 0.05) is 13.1 Å². The Hall–Kier alpha value is -1.81. The highest BCUT2D eigenvalue weighted by molar-refractivity contribution is 5.83. The highest BCUT2D eigenvalue weighted by Crippen LogP contribution is 2.32. The molecule has 0 amide bonds. The summed E-state index contributed by atoms with van der Waals surface area (Å²) in [6.45, 7) is 5.24. The quantitative estimate of drug-likeness (QED) is 0.660. The summed E-state index contributed by atoms with van der Waals surface area (Å²) in [5.41, 5.74) is 1.12. The number of aliphatic hydroxyl groups excluding tert-OH is 3. The Morgan fingerprint density at radius 3 is 2.52 bits per heavy atom. The molecule has 3 N–H and O–H groups in total. The third-order valence-electron chi connectivity index (χ3n) is 4.19. The van der Waals surface area contributed by atoms with E-state index in [-0.39, 0.29) is 6.61 Å². The van der Waals surface area contributed by atoms with Crippen LogP contribution in [-0.2, 0) is 4.74 Å². The molecule has 9 nitrogen and oxygen atoms in total. The number of aliphatic hydroxyl groups is 3. The van der Waals surface area contributed by atoms with Gasteiger partial charge < -0.3 is 25.0 Å². The lowest BCUT2D eigenvalue weighted by Gasteiger charge is -2.20. The Labute approximate surface area is 133 Å². The third kappa shape index (κ3) is 2.55. The van der Waals surface area contributed by atoms with Crippen molar-refractivity contribution in [2.75, 3.05) is 24.6 Å². The van der Waals surface area contributed by atoms with Crippen LogP contribution in [0.25, 0.3) is 11.2 Å². The smallest absolute Gasteiger partial charge is 0.167 e. The van der Waals surface area contributed by atoms with Gasteiger partial charge in [0.25, 0.3) is 0 Å². The molecular formula is C14H21N5O4. The number of ether oxygens (including phenoxy) is 1. The second-order valence-electron chi connectivity index (χ2n) is 5.42. The van der Waals surface area contributed by atoms with Crippen LogP contribution < -0.4 is 4.90 Å². The van der Waals surface area contributed by atoms with Crippen molar-refractivity contribution in [1.29, 1.82) is 0 Å². The lowest BCUT2D eigenvalue weighted by Crippen LogP contribution is -2.33. The minimum absolute atomic E-state index is 0.374. The normalized spacial score (nSPS) is 27.7. The van der Waals surface area contributed by atoms with E-state index in [2.05, 4.69) is 19.9 Å². The maximum Gasteiger partial charge on any atom is 0.167 e. The van der Waals surface area contributed by atoms with Crippen molar-refractivity contribution in [2.24, 2.45) is 0 Å². The molecule has 0 radical (unpaired) electrons. The maximum atomic E-state index is 10.2. The molecule has 23 heavy (non-hydrogen) atoms. The van der Waals surface area contributed by atoms with Gasteiger partial charge in [-0.15, -0.1) is 0 Å². The van der Waals surface area contributed by atoms with Crippen molar-refractivity contribution in [1.82, 2.24) is 19.5 Å². The maximum absolute atomic E-state index is 10.2. The van der Waals surface area contributed by atoms with E-state index < -0.39 is 24.5 Å². The van der Waals surface area contributed by atoms with Crippen LogP contribution in [0, 0.1) is 0 Å². The van der Waals surface area contributed by atoms with E-state index in [1.54, 1.807) is 4.57 Å². The van der Waals surface area contributed by atoms with Crippen molar-refractivity contribution < 1.29 is 20.1 Å². The van der Waals surface area contributed by atoms with Gasteiger partial charge in [0.15, 0.2) is 23.2 Å². The Balaban J connectivity index is 2.02. The van der Waals surface area contributed by atoms with Gasteiger partial charge >= 0.3 is 0 Å². The average molecular weight is 323 g/mol. The number of imidazole rings is 1. The summed E-state index contributed by atoms with van der Waals surface area (Å²) in [6.07, 6.45) is -1.08. The zero-order valence-corrected chi connectivity index (χ0v) is 13.1. The second-order valence-corrected chi connectivity index (χ2v) is 5.42. The van der Waals surface area contributed by atoms with E-state index in [1.807, 2.05) is 13.8 Å². The number of rotatable bonds is 5. The van der Waals surface area contributed by atoms with Crippen LogP contribution in [0.3, 0.4) is 0 Å². The fraction of sp³-hybridized carbons (Fsp3) is 0.643. The van der Waals surface area contributed by atoms with Crippen molar-refractivity contribution in [2.45, 2.75) is 38.4 Å². The van der Waals surface area contributed by atoms with Crippen molar-refractivity contribution in [3.05, 3.63) is 12.7 Å². The van der Waals surface area contributed by atoms with Gasteiger partial charge in [0.05, 0.1) is 12.9 Å². The Morgan fingerprint density at radius 1 is 1.17 bits per heavy atom. The zero-order valence-electron chi connectivity index (χ0n) is 13.1. The molecule has 0 aromatic carbocycles. The summed E-state index contributed by atoms with van der Waals surface area (Å²) in [7, 11) is 0. The molecule has 2 aromatic heterocycles. The fourth-order valence-corrected chi connectivity index (χ4v) is 2.89. The topological polar surface area (TPSA) is 117 Å². The third-order valence-corrected chi connectivity index (χ3v) is 4.19.